The van der Waals surface area contributed by atoms with E-state index in [2.05, 4.69) is 38.3 Å². The van der Waals surface area contributed by atoms with Crippen LogP contribution in [-0.2, 0) is 46.4 Å². The van der Waals surface area contributed by atoms with Crippen LogP contribution in [0, 0.1) is 35.5 Å². The number of nitrogens with zero attached hydrogens (tertiary/aromatic N) is 3. The maximum absolute atomic E-state index is 14.5. The van der Waals surface area contributed by atoms with Crippen LogP contribution in [-0.4, -0.2) is 122 Å². The molecule has 0 aromatic heterocycles. The predicted octanol–water partition coefficient (Wildman–Crippen LogP) is 7.68. The molecule has 12 heteroatoms. The zero-order valence-corrected chi connectivity index (χ0v) is 41.7. The summed E-state index contributed by atoms with van der Waals surface area (Å²) in [6, 6.07) is 16.9. The summed E-state index contributed by atoms with van der Waals surface area (Å²) in [5.74, 6) is -2.18. The third kappa shape index (κ3) is 15.2. The van der Waals surface area contributed by atoms with Crippen molar-refractivity contribution < 1.29 is 33.4 Å². The number of Topliss-reactive ketones (excluding diaryl/α,β-unsaturated/α-hetero) is 2. The second-order valence-electron chi connectivity index (χ2n) is 19.5. The first-order valence-corrected chi connectivity index (χ1v) is 23.8. The summed E-state index contributed by atoms with van der Waals surface area (Å²) in [5.41, 5.74) is 2.94. The molecule has 0 aliphatic carbocycles. The van der Waals surface area contributed by atoms with Crippen LogP contribution in [0.3, 0.4) is 0 Å². The van der Waals surface area contributed by atoms with Crippen molar-refractivity contribution in [1.82, 2.24) is 20.0 Å². The number of hydrogen-bond acceptors (Lipinski definition) is 9. The number of likely N-dealkylation sites (tertiary alicyclic amines) is 1. The van der Waals surface area contributed by atoms with Crippen molar-refractivity contribution in [2.75, 3.05) is 47.2 Å². The molecule has 9 atom stereocenters. The maximum atomic E-state index is 14.5. The molecule has 2 aromatic rings. The minimum Gasteiger partial charge on any atom is -0.383 e. The van der Waals surface area contributed by atoms with Gasteiger partial charge in [0.1, 0.15) is 5.78 Å². The van der Waals surface area contributed by atoms with Gasteiger partial charge in [-0.3, -0.25) is 28.9 Å². The summed E-state index contributed by atoms with van der Waals surface area (Å²) in [6.45, 7) is 19.0. The van der Waals surface area contributed by atoms with Crippen LogP contribution in [0.2, 0.25) is 0 Å². The molecule has 3 rings (SSSR count). The minimum atomic E-state index is -0.613. The molecule has 2 aromatic carbocycles. The fourth-order valence-corrected chi connectivity index (χ4v) is 9.77. The first-order valence-electron chi connectivity index (χ1n) is 23.8. The Hall–Kier alpha value is -4.13. The van der Waals surface area contributed by atoms with Gasteiger partial charge in [-0.15, -0.1) is 0 Å². The van der Waals surface area contributed by atoms with Gasteiger partial charge in [-0.1, -0.05) is 97.4 Å². The zero-order valence-electron chi connectivity index (χ0n) is 41.7. The van der Waals surface area contributed by atoms with Crippen LogP contribution in [0.25, 0.3) is 0 Å². The third-order valence-corrected chi connectivity index (χ3v) is 13.4. The van der Waals surface area contributed by atoms with Crippen LogP contribution in [0.4, 0.5) is 5.69 Å². The second kappa shape index (κ2) is 26.1. The Balaban J connectivity index is 1.79. The van der Waals surface area contributed by atoms with E-state index >= 15 is 0 Å². The lowest BCUT2D eigenvalue weighted by atomic mass is 9.83. The second-order valence-corrected chi connectivity index (χ2v) is 19.5. The number of ether oxygens (including phenoxy) is 2. The van der Waals surface area contributed by atoms with Gasteiger partial charge in [0, 0.05) is 76.7 Å². The molecule has 2 N–H and O–H groups in total. The Morgan fingerprint density at radius 1 is 0.781 bits per heavy atom. The highest BCUT2D eigenvalue weighted by atomic mass is 16.5. The normalized spacial score (nSPS) is 18.0. The lowest BCUT2D eigenvalue weighted by molar-refractivity contribution is -0.149. The first kappa shape index (κ1) is 54.2. The molecular weight excluding hydrogens is 807 g/mol. The van der Waals surface area contributed by atoms with Crippen LogP contribution in [0.1, 0.15) is 112 Å². The average molecular weight is 890 g/mol. The summed E-state index contributed by atoms with van der Waals surface area (Å²) in [4.78, 5) is 76.1. The molecule has 1 unspecified atom stereocenters. The van der Waals surface area contributed by atoms with Crippen molar-refractivity contribution in [2.45, 2.75) is 150 Å². The Bertz CT molecular complexity index is 1760. The van der Waals surface area contributed by atoms with E-state index in [1.807, 2.05) is 113 Å². The number of benzene rings is 2. The van der Waals surface area contributed by atoms with E-state index in [0.29, 0.717) is 32.0 Å². The van der Waals surface area contributed by atoms with E-state index < -0.39 is 36.0 Å². The number of nitrogens with one attached hydrogen (secondary N) is 2. The molecule has 1 aliphatic rings. The van der Waals surface area contributed by atoms with E-state index in [-0.39, 0.29) is 78.4 Å². The van der Waals surface area contributed by atoms with E-state index in [4.69, 9.17) is 9.47 Å². The molecule has 3 amide bonds. The van der Waals surface area contributed by atoms with Crippen molar-refractivity contribution in [2.24, 2.45) is 35.5 Å². The van der Waals surface area contributed by atoms with Crippen LogP contribution in [0.15, 0.2) is 54.6 Å². The van der Waals surface area contributed by atoms with E-state index in [0.717, 1.165) is 29.7 Å². The van der Waals surface area contributed by atoms with Gasteiger partial charge in [-0.05, 0) is 88.2 Å². The molecule has 1 fully saturated rings. The van der Waals surface area contributed by atoms with E-state index in [1.54, 1.807) is 26.2 Å². The fourth-order valence-electron chi connectivity index (χ4n) is 9.77. The molecular formula is C52H83N5O7. The van der Waals surface area contributed by atoms with Gasteiger partial charge < -0.3 is 29.9 Å². The highest BCUT2D eigenvalue weighted by molar-refractivity contribution is 5.90. The number of ketones is 2. The lowest BCUT2D eigenvalue weighted by Gasteiger charge is -2.41. The highest BCUT2D eigenvalue weighted by Crippen LogP contribution is 2.32. The van der Waals surface area contributed by atoms with Crippen LogP contribution >= 0.6 is 0 Å². The van der Waals surface area contributed by atoms with Gasteiger partial charge in [0.05, 0.1) is 36.8 Å². The van der Waals surface area contributed by atoms with Gasteiger partial charge in [-0.2, -0.15) is 0 Å². The molecule has 1 heterocycles. The first-order chi connectivity index (χ1) is 30.2. The van der Waals surface area contributed by atoms with Crippen LogP contribution in [0.5, 0.6) is 0 Å². The average Bonchev–Trinajstić information content (AvgIpc) is 3.74. The Morgan fingerprint density at radius 3 is 1.95 bits per heavy atom. The topological polar surface area (TPSA) is 138 Å². The quantitative estimate of drug-likeness (QED) is 0.0926. The summed E-state index contributed by atoms with van der Waals surface area (Å²) >= 11 is 0. The minimum absolute atomic E-state index is 0.00672. The van der Waals surface area contributed by atoms with Crippen LogP contribution < -0.4 is 10.6 Å². The molecule has 1 saturated heterocycles. The number of rotatable bonds is 27. The van der Waals surface area contributed by atoms with Crippen molar-refractivity contribution in [1.29, 1.82) is 0 Å². The summed E-state index contributed by atoms with van der Waals surface area (Å²) in [7, 11) is 8.75. The summed E-state index contributed by atoms with van der Waals surface area (Å²) < 4.78 is 12.2. The van der Waals surface area contributed by atoms with Gasteiger partial charge >= 0.3 is 0 Å². The summed E-state index contributed by atoms with van der Waals surface area (Å²) in [5, 5.41) is 6.47. The largest absolute Gasteiger partial charge is 0.383 e. The standard InChI is InChI=1S/C52H83N5O7/c1-15-36(8)49(56(12)52(62)42(33(2)3)30-45(59)48(34(4)5)55(10)11)46(63-13)31-47(60)57-27-19-22-43(57)50(64-14)37(9)44(58)29-40(28-38-20-17-16-18-21-38)51(61)53-32-39-23-25-41(26-24-39)54-35(6)7/h16-18,20-21,23-26,33-37,40,42-43,46,48-50,54H,15,19,22,27-32H2,1-14H3,(H,53,61)/t36-,37-,40?,42-,43-,46+,48-,49-,50+/m0/s1. The number of amides is 3. The number of carbonyl (C=O) groups excluding carboxylic acids is 5. The SMILES string of the molecule is CC[C@H](C)[C@@H]([C@@H](CC(=O)N1CCC[C@H]1[C@H](OC)[C@@H](C)C(=O)CC(Cc1ccccc1)C(=O)NCc1ccc(NC(C)C)cc1)OC)N(C)C(=O)[C@@H](CC(=O)[C@H](C(C)C)N(C)C)C(C)C. The maximum Gasteiger partial charge on any atom is 0.226 e. The molecule has 1 aliphatic heterocycles. The van der Waals surface area contributed by atoms with Gasteiger partial charge in [0.25, 0.3) is 0 Å². The lowest BCUT2D eigenvalue weighted by Crippen LogP contribution is -2.54. The highest BCUT2D eigenvalue weighted by Gasteiger charge is 2.43. The van der Waals surface area contributed by atoms with Crippen molar-refractivity contribution in [3.8, 4) is 0 Å². The molecule has 64 heavy (non-hydrogen) atoms. The third-order valence-electron chi connectivity index (χ3n) is 13.4. The number of anilines is 1. The number of hydrogen-bond donors (Lipinski definition) is 2. The van der Waals surface area contributed by atoms with Crippen molar-refractivity contribution in [3.05, 3.63) is 65.7 Å². The number of carbonyl (C=O) groups is 5. The van der Waals surface area contributed by atoms with Gasteiger partial charge in [0.15, 0.2) is 5.78 Å². The van der Waals surface area contributed by atoms with E-state index in [9.17, 15) is 24.0 Å². The summed E-state index contributed by atoms with van der Waals surface area (Å²) in [6.07, 6.45) is 1.58. The van der Waals surface area contributed by atoms with E-state index in [1.165, 1.54) is 0 Å². The van der Waals surface area contributed by atoms with Crippen molar-refractivity contribution >= 4 is 35.0 Å². The monoisotopic (exact) mass is 890 g/mol. The molecule has 12 nitrogen and oxygen atoms in total. The number of methoxy groups -OCH3 is 2. The molecule has 358 valence electrons. The Morgan fingerprint density at radius 2 is 1.42 bits per heavy atom. The Kier molecular flexibility index (Phi) is 22.1. The molecule has 0 radical (unpaired) electrons. The van der Waals surface area contributed by atoms with Gasteiger partial charge in [-0.25, -0.2) is 0 Å². The van der Waals surface area contributed by atoms with Crippen molar-refractivity contribution in [3.63, 3.8) is 0 Å². The molecule has 0 saturated carbocycles. The fraction of sp³-hybridized carbons (Fsp3) is 0.673. The zero-order chi connectivity index (χ0) is 47.8. The molecule has 0 spiro atoms. The number of likely N-dealkylation sites (N-methyl/N-ethyl adjacent to an activating group) is 2. The Labute approximate surface area is 385 Å². The van der Waals surface area contributed by atoms with Gasteiger partial charge in [0.2, 0.25) is 17.7 Å². The molecule has 0 bridgehead atoms. The predicted molar refractivity (Wildman–Crippen MR) is 257 cm³/mol. The smallest absolute Gasteiger partial charge is 0.226 e.